The van der Waals surface area contributed by atoms with Crippen LogP contribution in [0.2, 0.25) is 0 Å². The molecule has 4 nitrogen and oxygen atoms in total. The van der Waals surface area contributed by atoms with Crippen LogP contribution in [0.3, 0.4) is 0 Å². The molecular formula is C18H25ClN2O2. The maximum Gasteiger partial charge on any atom is 0.220 e. The molecule has 0 bridgehead atoms. The molecule has 1 amide bonds. The van der Waals surface area contributed by atoms with Gasteiger partial charge in [-0.15, -0.1) is 12.4 Å². The van der Waals surface area contributed by atoms with Crippen molar-refractivity contribution < 1.29 is 9.59 Å². The third-order valence-electron chi connectivity index (χ3n) is 4.66. The summed E-state index contributed by atoms with van der Waals surface area (Å²) in [7, 11) is 0. The highest BCUT2D eigenvalue weighted by atomic mass is 35.5. The monoisotopic (exact) mass is 336 g/mol. The van der Waals surface area contributed by atoms with Gasteiger partial charge >= 0.3 is 0 Å². The summed E-state index contributed by atoms with van der Waals surface area (Å²) >= 11 is 0. The number of nitrogens with one attached hydrogen (secondary N) is 2. The summed E-state index contributed by atoms with van der Waals surface area (Å²) in [4.78, 5) is 24.2. The number of benzene rings is 1. The molecule has 2 aliphatic rings. The largest absolute Gasteiger partial charge is 0.352 e. The number of hydrogen-bond donors (Lipinski definition) is 2. The van der Waals surface area contributed by atoms with E-state index in [9.17, 15) is 9.59 Å². The van der Waals surface area contributed by atoms with Gasteiger partial charge in [0.25, 0.3) is 0 Å². The second-order valence-electron chi connectivity index (χ2n) is 6.37. The number of aryl methyl sites for hydroxylation is 2. The molecule has 1 aliphatic heterocycles. The van der Waals surface area contributed by atoms with Gasteiger partial charge in [0, 0.05) is 31.0 Å². The van der Waals surface area contributed by atoms with Crippen LogP contribution in [0.5, 0.6) is 0 Å². The van der Waals surface area contributed by atoms with Crippen molar-refractivity contribution in [3.8, 4) is 0 Å². The van der Waals surface area contributed by atoms with Gasteiger partial charge in [0.2, 0.25) is 5.91 Å². The molecule has 126 valence electrons. The number of hydrogen-bond acceptors (Lipinski definition) is 3. The average Bonchev–Trinajstić information content (AvgIpc) is 3.01. The lowest BCUT2D eigenvalue weighted by molar-refractivity contribution is -0.121. The van der Waals surface area contributed by atoms with Crippen LogP contribution in [-0.4, -0.2) is 30.8 Å². The summed E-state index contributed by atoms with van der Waals surface area (Å²) in [6.45, 7) is 1.87. The SMILES string of the molecule is Cl.O=C(CCC(=O)c1ccc2c(c1)CCC2)N[C@H]1CCCNC1. The number of halogens is 1. The molecular weight excluding hydrogens is 312 g/mol. The Hall–Kier alpha value is -1.39. The summed E-state index contributed by atoms with van der Waals surface area (Å²) < 4.78 is 0. The molecule has 0 saturated carbocycles. The highest BCUT2D eigenvalue weighted by Crippen LogP contribution is 2.23. The normalized spacial score (nSPS) is 19.6. The Labute approximate surface area is 143 Å². The predicted molar refractivity (Wildman–Crippen MR) is 93.3 cm³/mol. The standard InChI is InChI=1S/C18H24N2O2.ClH/c21-17(15-7-6-13-3-1-4-14(13)11-15)8-9-18(22)20-16-5-2-10-19-12-16;/h6-7,11,16,19H,1-5,8-10,12H2,(H,20,22);1H/t16-;/m0./s1. The van der Waals surface area contributed by atoms with Crippen molar-refractivity contribution in [1.29, 1.82) is 0 Å². The maximum atomic E-state index is 12.2. The number of carbonyl (C=O) groups excluding carboxylic acids is 2. The summed E-state index contributed by atoms with van der Waals surface area (Å²) in [5.74, 6) is 0.0647. The highest BCUT2D eigenvalue weighted by molar-refractivity contribution is 5.98. The van der Waals surface area contributed by atoms with Crippen LogP contribution in [0.15, 0.2) is 18.2 Å². The topological polar surface area (TPSA) is 58.2 Å². The van der Waals surface area contributed by atoms with Crippen LogP contribution in [0, 0.1) is 0 Å². The summed E-state index contributed by atoms with van der Waals surface area (Å²) in [6, 6.07) is 6.23. The number of Topliss-reactive ketones (excluding diaryl/α,β-unsaturated/α-hetero) is 1. The van der Waals surface area contributed by atoms with Gasteiger partial charge in [-0.3, -0.25) is 9.59 Å². The Kier molecular flexibility index (Phi) is 6.60. The Morgan fingerprint density at radius 3 is 2.74 bits per heavy atom. The zero-order valence-corrected chi connectivity index (χ0v) is 14.2. The number of rotatable bonds is 5. The summed E-state index contributed by atoms with van der Waals surface area (Å²) in [5, 5.41) is 6.29. The van der Waals surface area contributed by atoms with Gasteiger partial charge < -0.3 is 10.6 Å². The Morgan fingerprint density at radius 2 is 1.96 bits per heavy atom. The zero-order valence-electron chi connectivity index (χ0n) is 13.4. The second kappa shape index (κ2) is 8.46. The Morgan fingerprint density at radius 1 is 1.13 bits per heavy atom. The number of piperidine rings is 1. The van der Waals surface area contributed by atoms with Crippen LogP contribution in [-0.2, 0) is 17.6 Å². The molecule has 5 heteroatoms. The van der Waals surface area contributed by atoms with Crippen LogP contribution >= 0.6 is 12.4 Å². The molecule has 1 aromatic rings. The summed E-state index contributed by atoms with van der Waals surface area (Å²) in [5.41, 5.74) is 3.44. The van der Waals surface area contributed by atoms with Crippen LogP contribution in [0.25, 0.3) is 0 Å². The molecule has 1 heterocycles. The van der Waals surface area contributed by atoms with Crippen LogP contribution in [0.4, 0.5) is 0 Å². The smallest absolute Gasteiger partial charge is 0.220 e. The molecule has 1 atom stereocenters. The average molecular weight is 337 g/mol. The van der Waals surface area contributed by atoms with Crippen molar-refractivity contribution in [3.63, 3.8) is 0 Å². The molecule has 3 rings (SSSR count). The first kappa shape index (κ1) is 18.0. The summed E-state index contributed by atoms with van der Waals surface area (Å²) in [6.07, 6.45) is 6.09. The van der Waals surface area contributed by atoms with Gasteiger partial charge in [0.1, 0.15) is 0 Å². The molecule has 0 aromatic heterocycles. The first-order valence-corrected chi connectivity index (χ1v) is 8.37. The van der Waals surface area contributed by atoms with E-state index in [1.807, 2.05) is 12.1 Å². The van der Waals surface area contributed by atoms with Gasteiger partial charge in [0.05, 0.1) is 0 Å². The lowest BCUT2D eigenvalue weighted by Crippen LogP contribution is -2.45. The lowest BCUT2D eigenvalue weighted by atomic mass is 10.0. The first-order valence-electron chi connectivity index (χ1n) is 8.37. The van der Waals surface area contributed by atoms with E-state index in [1.54, 1.807) is 0 Å². The van der Waals surface area contributed by atoms with Crippen molar-refractivity contribution in [1.82, 2.24) is 10.6 Å². The number of fused-ring (bicyclic) bond motifs is 1. The first-order chi connectivity index (χ1) is 10.7. The third-order valence-corrected chi connectivity index (χ3v) is 4.66. The fraction of sp³-hybridized carbons (Fsp3) is 0.556. The second-order valence-corrected chi connectivity index (χ2v) is 6.37. The van der Waals surface area contributed by atoms with Gasteiger partial charge in [-0.2, -0.15) is 0 Å². The van der Waals surface area contributed by atoms with E-state index in [0.29, 0.717) is 6.42 Å². The fourth-order valence-electron chi connectivity index (χ4n) is 3.39. The van der Waals surface area contributed by atoms with Crippen molar-refractivity contribution in [2.24, 2.45) is 0 Å². The van der Waals surface area contributed by atoms with Crippen molar-refractivity contribution in [2.45, 2.75) is 51.0 Å². The van der Waals surface area contributed by atoms with E-state index in [1.165, 1.54) is 17.5 Å². The van der Waals surface area contributed by atoms with Gasteiger partial charge in [-0.25, -0.2) is 0 Å². The molecule has 0 radical (unpaired) electrons. The molecule has 1 aromatic carbocycles. The van der Waals surface area contributed by atoms with Crippen molar-refractivity contribution >= 4 is 24.1 Å². The number of carbonyl (C=O) groups is 2. The van der Waals surface area contributed by atoms with Gasteiger partial charge in [-0.05, 0) is 55.8 Å². The molecule has 1 saturated heterocycles. The van der Waals surface area contributed by atoms with Crippen LogP contribution in [0.1, 0.15) is 53.6 Å². The molecule has 0 spiro atoms. The minimum Gasteiger partial charge on any atom is -0.352 e. The van der Waals surface area contributed by atoms with E-state index >= 15 is 0 Å². The van der Waals surface area contributed by atoms with Gasteiger partial charge in [-0.1, -0.05) is 12.1 Å². The highest BCUT2D eigenvalue weighted by Gasteiger charge is 2.17. The molecule has 0 unspecified atom stereocenters. The minimum atomic E-state index is -0.0109. The van der Waals surface area contributed by atoms with E-state index in [2.05, 4.69) is 16.7 Å². The zero-order chi connectivity index (χ0) is 15.4. The van der Waals surface area contributed by atoms with E-state index < -0.39 is 0 Å². The molecule has 2 N–H and O–H groups in total. The van der Waals surface area contributed by atoms with Crippen LogP contribution < -0.4 is 10.6 Å². The molecule has 1 fully saturated rings. The quantitative estimate of drug-likeness (QED) is 0.812. The van der Waals surface area contributed by atoms with E-state index in [4.69, 9.17) is 0 Å². The Balaban J connectivity index is 0.00000192. The predicted octanol–water partition coefficient (Wildman–Crippen LogP) is 2.43. The minimum absolute atomic E-state index is 0. The van der Waals surface area contributed by atoms with Crippen molar-refractivity contribution in [2.75, 3.05) is 13.1 Å². The molecule has 23 heavy (non-hydrogen) atoms. The molecule has 1 aliphatic carbocycles. The number of ketones is 1. The van der Waals surface area contributed by atoms with Gasteiger partial charge in [0.15, 0.2) is 5.78 Å². The maximum absolute atomic E-state index is 12.2. The Bertz CT molecular complexity index is 568. The van der Waals surface area contributed by atoms with E-state index in [-0.39, 0.29) is 36.6 Å². The third kappa shape index (κ3) is 4.79. The fourth-order valence-corrected chi connectivity index (χ4v) is 3.39. The number of amides is 1. The lowest BCUT2D eigenvalue weighted by Gasteiger charge is -2.23. The van der Waals surface area contributed by atoms with Crippen molar-refractivity contribution in [3.05, 3.63) is 34.9 Å². The van der Waals surface area contributed by atoms with E-state index in [0.717, 1.165) is 44.3 Å².